The van der Waals surface area contributed by atoms with E-state index in [-0.39, 0.29) is 22.8 Å². The molecule has 1 amide bonds. The highest BCUT2D eigenvalue weighted by molar-refractivity contribution is 6.01. The zero-order chi connectivity index (χ0) is 23.9. The Morgan fingerprint density at radius 3 is 2.50 bits per heavy atom. The van der Waals surface area contributed by atoms with Crippen LogP contribution in [0.5, 0.6) is 11.5 Å². The van der Waals surface area contributed by atoms with Crippen LogP contribution in [0.2, 0.25) is 0 Å². The Labute approximate surface area is 195 Å². The Bertz CT molecular complexity index is 1380. The van der Waals surface area contributed by atoms with Crippen LogP contribution in [0.1, 0.15) is 21.7 Å². The van der Waals surface area contributed by atoms with Crippen LogP contribution >= 0.6 is 0 Å². The zero-order valence-corrected chi connectivity index (χ0v) is 18.3. The third-order valence-electron chi connectivity index (χ3n) is 4.99. The zero-order valence-electron chi connectivity index (χ0n) is 18.3. The number of fused-ring (bicyclic) bond motifs is 1. The lowest BCUT2D eigenvalue weighted by atomic mass is 10.1. The van der Waals surface area contributed by atoms with E-state index in [4.69, 9.17) is 13.9 Å². The molecule has 0 radical (unpaired) electrons. The van der Waals surface area contributed by atoms with E-state index in [9.17, 15) is 14.9 Å². The van der Waals surface area contributed by atoms with Crippen molar-refractivity contribution in [2.24, 2.45) is 0 Å². The van der Waals surface area contributed by atoms with Gasteiger partial charge in [0.05, 0.1) is 7.11 Å². The number of carbonyl (C=O) groups is 2. The fourth-order valence-corrected chi connectivity index (χ4v) is 3.28. The topological polar surface area (TPSA) is 102 Å². The number of nitrogens with one attached hydrogen (secondary N) is 1. The van der Waals surface area contributed by atoms with Crippen LogP contribution < -0.4 is 14.8 Å². The molecule has 0 aliphatic rings. The van der Waals surface area contributed by atoms with Gasteiger partial charge >= 0.3 is 5.97 Å². The molecule has 1 aromatic heterocycles. The van der Waals surface area contributed by atoms with Crippen molar-refractivity contribution in [2.45, 2.75) is 6.54 Å². The standard InChI is InChI=1S/C27H20N2O5/c1-32-24-14-19(13-21(16-28)26(30)29-17-18-7-3-2-4-8-18)11-12-23(24)34-27(31)25-15-20-9-5-6-10-22(20)33-25/h2-15H,17H2,1H3,(H,29,30). The Morgan fingerprint density at radius 2 is 1.76 bits per heavy atom. The van der Waals surface area contributed by atoms with Gasteiger partial charge in [0, 0.05) is 11.9 Å². The number of esters is 1. The quantitative estimate of drug-likeness (QED) is 0.186. The molecule has 0 aliphatic carbocycles. The van der Waals surface area contributed by atoms with Crippen molar-refractivity contribution >= 4 is 28.9 Å². The van der Waals surface area contributed by atoms with Gasteiger partial charge in [-0.2, -0.15) is 5.26 Å². The molecule has 168 valence electrons. The summed E-state index contributed by atoms with van der Waals surface area (Å²) in [6.07, 6.45) is 1.44. The third-order valence-corrected chi connectivity index (χ3v) is 4.99. The van der Waals surface area contributed by atoms with Gasteiger partial charge in [-0.15, -0.1) is 0 Å². The summed E-state index contributed by atoms with van der Waals surface area (Å²) in [5.74, 6) is -0.659. The van der Waals surface area contributed by atoms with Gasteiger partial charge in [-0.25, -0.2) is 4.79 Å². The number of para-hydroxylation sites is 1. The smallest absolute Gasteiger partial charge is 0.379 e. The monoisotopic (exact) mass is 452 g/mol. The summed E-state index contributed by atoms with van der Waals surface area (Å²) in [7, 11) is 1.43. The molecule has 1 N–H and O–H groups in total. The number of benzene rings is 3. The molecule has 0 bridgehead atoms. The molecule has 3 aromatic carbocycles. The number of nitrogens with zero attached hydrogens (tertiary/aromatic N) is 1. The number of amides is 1. The van der Waals surface area contributed by atoms with Crippen molar-refractivity contribution in [1.82, 2.24) is 5.32 Å². The SMILES string of the molecule is COc1cc(C=C(C#N)C(=O)NCc2ccccc2)ccc1OC(=O)c1cc2ccccc2o1. The Kier molecular flexibility index (Phi) is 6.70. The highest BCUT2D eigenvalue weighted by Crippen LogP contribution is 2.30. The van der Waals surface area contributed by atoms with Crippen molar-refractivity contribution in [2.75, 3.05) is 7.11 Å². The molecule has 0 aliphatic heterocycles. The predicted molar refractivity (Wildman–Crippen MR) is 126 cm³/mol. The molecule has 0 fully saturated rings. The predicted octanol–water partition coefficient (Wildman–Crippen LogP) is 4.88. The van der Waals surface area contributed by atoms with Crippen LogP contribution in [-0.4, -0.2) is 19.0 Å². The lowest BCUT2D eigenvalue weighted by Crippen LogP contribution is -2.23. The highest BCUT2D eigenvalue weighted by atomic mass is 16.6. The summed E-state index contributed by atoms with van der Waals surface area (Å²) < 4.78 is 16.3. The third kappa shape index (κ3) is 5.14. The maximum Gasteiger partial charge on any atom is 0.379 e. The second-order valence-corrected chi connectivity index (χ2v) is 7.29. The second kappa shape index (κ2) is 10.2. The van der Waals surface area contributed by atoms with Gasteiger partial charge in [-0.1, -0.05) is 54.6 Å². The van der Waals surface area contributed by atoms with Crippen LogP contribution in [0.15, 0.2) is 88.9 Å². The number of ether oxygens (including phenoxy) is 2. The van der Waals surface area contributed by atoms with Crippen molar-refractivity contribution in [3.8, 4) is 17.6 Å². The fourth-order valence-electron chi connectivity index (χ4n) is 3.28. The van der Waals surface area contributed by atoms with E-state index in [2.05, 4.69) is 5.32 Å². The minimum absolute atomic E-state index is 0.0640. The van der Waals surface area contributed by atoms with E-state index < -0.39 is 11.9 Å². The minimum Gasteiger partial charge on any atom is -0.493 e. The summed E-state index contributed by atoms with van der Waals surface area (Å²) in [5, 5.41) is 13.0. The molecule has 0 saturated heterocycles. The number of hydrogen-bond acceptors (Lipinski definition) is 6. The summed E-state index contributed by atoms with van der Waals surface area (Å²) >= 11 is 0. The van der Waals surface area contributed by atoms with Gasteiger partial charge in [-0.05, 0) is 41.5 Å². The highest BCUT2D eigenvalue weighted by Gasteiger charge is 2.17. The molecule has 4 rings (SSSR count). The first-order valence-corrected chi connectivity index (χ1v) is 10.4. The Balaban J connectivity index is 1.49. The number of methoxy groups -OCH3 is 1. The van der Waals surface area contributed by atoms with Crippen molar-refractivity contribution in [3.63, 3.8) is 0 Å². The Hall–Kier alpha value is -4.83. The van der Waals surface area contributed by atoms with Crippen LogP contribution in [0.25, 0.3) is 17.0 Å². The van der Waals surface area contributed by atoms with Gasteiger partial charge in [0.15, 0.2) is 11.5 Å². The van der Waals surface area contributed by atoms with E-state index in [1.165, 1.54) is 19.3 Å². The molecule has 34 heavy (non-hydrogen) atoms. The van der Waals surface area contributed by atoms with E-state index in [0.29, 0.717) is 17.7 Å². The van der Waals surface area contributed by atoms with E-state index >= 15 is 0 Å². The van der Waals surface area contributed by atoms with E-state index in [1.54, 1.807) is 24.3 Å². The lowest BCUT2D eigenvalue weighted by Gasteiger charge is -2.09. The number of furan rings is 1. The first kappa shape index (κ1) is 22.4. The van der Waals surface area contributed by atoms with Crippen LogP contribution in [-0.2, 0) is 11.3 Å². The molecule has 7 heteroatoms. The van der Waals surface area contributed by atoms with Crippen molar-refractivity contribution in [1.29, 1.82) is 5.26 Å². The normalized spacial score (nSPS) is 11.0. The molecule has 0 atom stereocenters. The minimum atomic E-state index is -0.671. The molecule has 0 saturated carbocycles. The number of nitriles is 1. The van der Waals surface area contributed by atoms with Gasteiger partial charge in [0.1, 0.15) is 17.2 Å². The second-order valence-electron chi connectivity index (χ2n) is 7.29. The molecular formula is C27H20N2O5. The average Bonchev–Trinajstić information content (AvgIpc) is 3.32. The molecule has 0 spiro atoms. The number of rotatable bonds is 7. The van der Waals surface area contributed by atoms with Crippen LogP contribution in [0, 0.1) is 11.3 Å². The first-order chi connectivity index (χ1) is 16.6. The molecule has 0 unspecified atom stereocenters. The van der Waals surface area contributed by atoms with Crippen LogP contribution in [0.3, 0.4) is 0 Å². The van der Waals surface area contributed by atoms with Gasteiger partial charge in [-0.3, -0.25) is 4.79 Å². The van der Waals surface area contributed by atoms with E-state index in [0.717, 1.165) is 10.9 Å². The van der Waals surface area contributed by atoms with Gasteiger partial charge in [0.2, 0.25) is 5.76 Å². The summed E-state index contributed by atoms with van der Waals surface area (Å²) in [6, 6.07) is 24.9. The maximum absolute atomic E-state index is 12.6. The summed E-state index contributed by atoms with van der Waals surface area (Å²) in [5.41, 5.74) is 1.97. The number of hydrogen-bond donors (Lipinski definition) is 1. The van der Waals surface area contributed by atoms with Crippen molar-refractivity contribution in [3.05, 3.63) is 101 Å². The lowest BCUT2D eigenvalue weighted by molar-refractivity contribution is -0.117. The number of carbonyl (C=O) groups excluding carboxylic acids is 2. The van der Waals surface area contributed by atoms with Crippen LogP contribution in [0.4, 0.5) is 0 Å². The fraction of sp³-hybridized carbons (Fsp3) is 0.0741. The average molecular weight is 452 g/mol. The molecule has 1 heterocycles. The van der Waals surface area contributed by atoms with Gasteiger partial charge in [0.25, 0.3) is 5.91 Å². The largest absolute Gasteiger partial charge is 0.493 e. The molecule has 7 nitrogen and oxygen atoms in total. The first-order valence-electron chi connectivity index (χ1n) is 10.4. The van der Waals surface area contributed by atoms with Gasteiger partial charge < -0.3 is 19.2 Å². The summed E-state index contributed by atoms with van der Waals surface area (Å²) in [4.78, 5) is 25.0. The molecule has 4 aromatic rings. The summed E-state index contributed by atoms with van der Waals surface area (Å²) in [6.45, 7) is 0.304. The Morgan fingerprint density at radius 1 is 1.00 bits per heavy atom. The molecular weight excluding hydrogens is 432 g/mol. The van der Waals surface area contributed by atoms with Crippen molar-refractivity contribution < 1.29 is 23.5 Å². The van der Waals surface area contributed by atoms with E-state index in [1.807, 2.05) is 54.6 Å². The maximum atomic E-state index is 12.6.